The molecule has 2 aromatic carbocycles. The van der Waals surface area contributed by atoms with Gasteiger partial charge in [0.25, 0.3) is 0 Å². The number of carbonyl (C=O) groups excluding carboxylic acids is 1. The first-order valence-corrected chi connectivity index (χ1v) is 9.39. The van der Waals surface area contributed by atoms with E-state index in [0.29, 0.717) is 23.4 Å². The number of Topliss-reactive ketones (excluding diaryl/α,β-unsaturated/α-hetero) is 1. The molecule has 0 atom stereocenters. The number of nitrogens with zero attached hydrogens (tertiary/aromatic N) is 3. The molecule has 0 bridgehead atoms. The molecule has 0 unspecified atom stereocenters. The Balaban J connectivity index is 1.93. The molecule has 6 nitrogen and oxygen atoms in total. The van der Waals surface area contributed by atoms with Crippen molar-refractivity contribution < 1.29 is 13.9 Å². The minimum Gasteiger partial charge on any atom is -0.493 e. The second-order valence-corrected chi connectivity index (χ2v) is 6.81. The highest BCUT2D eigenvalue weighted by Gasteiger charge is 2.20. The number of ketones is 1. The summed E-state index contributed by atoms with van der Waals surface area (Å²) in [6.45, 7) is 1.98. The number of pyridine rings is 1. The maximum Gasteiger partial charge on any atom is 0.194 e. The highest BCUT2D eigenvalue weighted by atomic mass is 16.5. The Hall–Kier alpha value is -4.11. The summed E-state index contributed by atoms with van der Waals surface area (Å²) in [4.78, 5) is 18.2. The molecule has 6 heteroatoms. The number of anilines is 2. The molecule has 0 spiro atoms. The average Bonchev–Trinajstić information content (AvgIpc) is 3.24. The minimum absolute atomic E-state index is 0.163. The van der Waals surface area contributed by atoms with E-state index in [-0.39, 0.29) is 11.5 Å². The van der Waals surface area contributed by atoms with Crippen molar-refractivity contribution in [1.82, 2.24) is 4.98 Å². The van der Waals surface area contributed by atoms with Crippen LogP contribution >= 0.6 is 0 Å². The van der Waals surface area contributed by atoms with E-state index in [4.69, 9.17) is 9.15 Å². The van der Waals surface area contributed by atoms with E-state index in [2.05, 4.69) is 16.0 Å². The summed E-state index contributed by atoms with van der Waals surface area (Å²) in [5.41, 5.74) is 3.74. The molecule has 2 heterocycles. The lowest BCUT2D eigenvalue weighted by molar-refractivity contribution is 0.0989. The third-order valence-electron chi connectivity index (χ3n) is 4.83. The van der Waals surface area contributed by atoms with Crippen LogP contribution in [0.2, 0.25) is 0 Å². The van der Waals surface area contributed by atoms with E-state index >= 15 is 0 Å². The maximum absolute atomic E-state index is 11.9. The van der Waals surface area contributed by atoms with Gasteiger partial charge >= 0.3 is 0 Å². The molecule has 2 aromatic heterocycles. The molecular formula is C24H19N3O3. The van der Waals surface area contributed by atoms with Crippen molar-refractivity contribution in [1.29, 1.82) is 5.26 Å². The van der Waals surface area contributed by atoms with Gasteiger partial charge in [0.2, 0.25) is 0 Å². The highest BCUT2D eigenvalue weighted by Crippen LogP contribution is 2.39. The number of fused-ring (bicyclic) bond motifs is 1. The SMILES string of the molecule is COc1ccc(N(Cc2cccnc2)c2cccc(C#N)c2)c2cc(C(C)=O)oc12. The summed E-state index contributed by atoms with van der Waals surface area (Å²) in [5.74, 6) is 0.653. The predicted molar refractivity (Wildman–Crippen MR) is 114 cm³/mol. The third kappa shape index (κ3) is 3.61. The summed E-state index contributed by atoms with van der Waals surface area (Å²) in [6, 6.07) is 18.9. The normalized spacial score (nSPS) is 10.6. The Morgan fingerprint density at radius 3 is 2.77 bits per heavy atom. The zero-order valence-electron chi connectivity index (χ0n) is 16.6. The van der Waals surface area contributed by atoms with Crippen LogP contribution in [0.15, 0.2) is 71.4 Å². The van der Waals surface area contributed by atoms with Crippen molar-refractivity contribution in [2.24, 2.45) is 0 Å². The molecule has 0 fully saturated rings. The van der Waals surface area contributed by atoms with Crippen molar-refractivity contribution in [2.45, 2.75) is 13.5 Å². The molecule has 30 heavy (non-hydrogen) atoms. The Morgan fingerprint density at radius 1 is 1.20 bits per heavy atom. The van der Waals surface area contributed by atoms with Crippen LogP contribution in [0.3, 0.4) is 0 Å². The number of hydrogen-bond acceptors (Lipinski definition) is 6. The third-order valence-corrected chi connectivity index (χ3v) is 4.83. The molecule has 4 rings (SSSR count). The number of benzene rings is 2. The Morgan fingerprint density at radius 2 is 2.07 bits per heavy atom. The lowest BCUT2D eigenvalue weighted by Gasteiger charge is -2.26. The molecule has 0 aliphatic carbocycles. The van der Waals surface area contributed by atoms with Gasteiger partial charge in [0.05, 0.1) is 24.4 Å². The highest BCUT2D eigenvalue weighted by molar-refractivity contribution is 6.02. The van der Waals surface area contributed by atoms with Crippen LogP contribution in [-0.4, -0.2) is 17.9 Å². The number of rotatable bonds is 6. The molecule has 0 amide bonds. The van der Waals surface area contributed by atoms with Gasteiger partial charge in [0.15, 0.2) is 22.9 Å². The van der Waals surface area contributed by atoms with Crippen molar-refractivity contribution in [3.63, 3.8) is 0 Å². The summed E-state index contributed by atoms with van der Waals surface area (Å²) in [5, 5.41) is 10.1. The van der Waals surface area contributed by atoms with E-state index in [1.807, 2.05) is 42.5 Å². The van der Waals surface area contributed by atoms with E-state index in [0.717, 1.165) is 22.3 Å². The standard InChI is InChI=1S/C24H19N3O3/c1-16(28)23-12-20-21(8-9-22(29-2)24(20)30-23)27(15-18-6-4-10-26-14-18)19-7-3-5-17(11-19)13-25/h3-12,14H,15H2,1-2H3. The Bertz CT molecular complexity index is 1260. The number of nitriles is 1. The van der Waals surface area contributed by atoms with Crippen molar-refractivity contribution in [2.75, 3.05) is 12.0 Å². The topological polar surface area (TPSA) is 79.4 Å². The molecule has 0 N–H and O–H groups in total. The first kappa shape index (κ1) is 19.2. The summed E-state index contributed by atoms with van der Waals surface area (Å²) < 4.78 is 11.2. The Kier molecular flexibility index (Phi) is 5.19. The largest absolute Gasteiger partial charge is 0.493 e. The van der Waals surface area contributed by atoms with Crippen LogP contribution < -0.4 is 9.64 Å². The van der Waals surface area contributed by atoms with Crippen LogP contribution in [0.25, 0.3) is 11.0 Å². The zero-order valence-corrected chi connectivity index (χ0v) is 16.6. The number of carbonyl (C=O) groups is 1. The lowest BCUT2D eigenvalue weighted by Crippen LogP contribution is -2.17. The van der Waals surface area contributed by atoms with Crippen molar-refractivity contribution in [3.8, 4) is 11.8 Å². The van der Waals surface area contributed by atoms with Crippen LogP contribution in [0.1, 0.15) is 28.6 Å². The fourth-order valence-electron chi connectivity index (χ4n) is 3.39. The summed E-state index contributed by atoms with van der Waals surface area (Å²) in [6.07, 6.45) is 3.53. The Labute approximate surface area is 173 Å². The molecular weight excluding hydrogens is 378 g/mol. The van der Waals surface area contributed by atoms with E-state index in [9.17, 15) is 10.1 Å². The summed E-state index contributed by atoms with van der Waals surface area (Å²) >= 11 is 0. The van der Waals surface area contributed by atoms with Gasteiger partial charge in [-0.15, -0.1) is 0 Å². The number of furan rings is 1. The number of methoxy groups -OCH3 is 1. The van der Waals surface area contributed by atoms with Crippen LogP contribution in [0, 0.1) is 11.3 Å². The minimum atomic E-state index is -0.163. The molecule has 0 aliphatic heterocycles. The second kappa shape index (κ2) is 8.10. The van der Waals surface area contributed by atoms with Crippen molar-refractivity contribution in [3.05, 3.63) is 83.9 Å². The first-order chi connectivity index (χ1) is 14.6. The molecule has 0 saturated heterocycles. The zero-order chi connectivity index (χ0) is 21.1. The van der Waals surface area contributed by atoms with Gasteiger partial charge in [-0.2, -0.15) is 5.26 Å². The second-order valence-electron chi connectivity index (χ2n) is 6.81. The first-order valence-electron chi connectivity index (χ1n) is 9.39. The van der Waals surface area contributed by atoms with E-state index < -0.39 is 0 Å². The summed E-state index contributed by atoms with van der Waals surface area (Å²) in [7, 11) is 1.56. The fourth-order valence-corrected chi connectivity index (χ4v) is 3.39. The molecule has 0 aliphatic rings. The molecule has 4 aromatic rings. The van der Waals surface area contributed by atoms with Crippen LogP contribution in [0.4, 0.5) is 11.4 Å². The van der Waals surface area contributed by atoms with Gasteiger partial charge in [-0.05, 0) is 48.0 Å². The van der Waals surface area contributed by atoms with Crippen LogP contribution in [0.5, 0.6) is 5.75 Å². The van der Waals surface area contributed by atoms with Gasteiger partial charge in [0.1, 0.15) is 0 Å². The van der Waals surface area contributed by atoms with Gasteiger partial charge in [-0.25, -0.2) is 0 Å². The number of ether oxygens (including phenoxy) is 1. The van der Waals surface area contributed by atoms with Gasteiger partial charge in [0, 0.05) is 36.9 Å². The van der Waals surface area contributed by atoms with Crippen molar-refractivity contribution >= 4 is 28.1 Å². The fraction of sp³-hybridized carbons (Fsp3) is 0.125. The predicted octanol–water partition coefficient (Wildman–Crippen LogP) is 5.25. The van der Waals surface area contributed by atoms with Gasteiger partial charge < -0.3 is 14.1 Å². The monoisotopic (exact) mass is 397 g/mol. The maximum atomic E-state index is 11.9. The quantitative estimate of drug-likeness (QED) is 0.414. The average molecular weight is 397 g/mol. The number of aromatic nitrogens is 1. The van der Waals surface area contributed by atoms with Crippen LogP contribution in [-0.2, 0) is 6.54 Å². The van der Waals surface area contributed by atoms with E-state index in [1.165, 1.54) is 6.92 Å². The smallest absolute Gasteiger partial charge is 0.194 e. The van der Waals surface area contributed by atoms with E-state index in [1.54, 1.807) is 31.6 Å². The van der Waals surface area contributed by atoms with Gasteiger partial charge in [-0.3, -0.25) is 9.78 Å². The number of hydrogen-bond donors (Lipinski definition) is 0. The molecule has 0 saturated carbocycles. The molecule has 0 radical (unpaired) electrons. The van der Waals surface area contributed by atoms with Gasteiger partial charge in [-0.1, -0.05) is 12.1 Å². The lowest BCUT2D eigenvalue weighted by atomic mass is 10.1. The molecule has 148 valence electrons.